The number of ether oxygens (including phenoxy) is 1. The van der Waals surface area contributed by atoms with Crippen LogP contribution in [0.3, 0.4) is 0 Å². The van der Waals surface area contributed by atoms with E-state index in [-0.39, 0.29) is 12.5 Å². The zero-order chi connectivity index (χ0) is 19.4. The van der Waals surface area contributed by atoms with E-state index in [4.69, 9.17) is 4.74 Å². The van der Waals surface area contributed by atoms with E-state index in [0.717, 1.165) is 4.88 Å². The molecule has 1 aromatic carbocycles. The number of carbonyl (C=O) groups excluding carboxylic acids is 1. The number of nitrogens with zero attached hydrogens (tertiary/aromatic N) is 2. The second-order valence-corrected chi connectivity index (χ2v) is 9.78. The number of anilines is 1. The third-order valence-corrected chi connectivity index (χ3v) is 7.73. The molecule has 146 valence electrons. The normalized spacial score (nSPS) is 16.2. The fraction of sp³-hybridized carbons (Fsp3) is 0.389. The predicted octanol–water partition coefficient (Wildman–Crippen LogP) is 2.01. The van der Waals surface area contributed by atoms with E-state index in [1.165, 1.54) is 15.6 Å². The summed E-state index contributed by atoms with van der Waals surface area (Å²) < 4.78 is 32.3. The number of amides is 1. The van der Waals surface area contributed by atoms with Gasteiger partial charge in [-0.15, -0.1) is 11.3 Å². The molecular weight excluding hydrogens is 386 g/mol. The molecule has 0 unspecified atom stereocenters. The number of aryl methyl sites for hydroxylation is 1. The molecule has 1 saturated heterocycles. The zero-order valence-electron chi connectivity index (χ0n) is 15.3. The van der Waals surface area contributed by atoms with E-state index < -0.39 is 10.0 Å². The summed E-state index contributed by atoms with van der Waals surface area (Å²) in [5, 5.41) is 2.84. The second-order valence-electron chi connectivity index (χ2n) is 6.33. The summed E-state index contributed by atoms with van der Waals surface area (Å²) in [4.78, 5) is 15.2. The maximum atomic E-state index is 12.7. The van der Waals surface area contributed by atoms with Crippen molar-refractivity contribution in [1.82, 2.24) is 9.21 Å². The van der Waals surface area contributed by atoms with Crippen LogP contribution in [0.4, 0.5) is 5.69 Å². The number of methoxy groups -OCH3 is 1. The minimum atomic E-state index is -3.44. The second kappa shape index (κ2) is 8.39. The monoisotopic (exact) mass is 409 g/mol. The van der Waals surface area contributed by atoms with Crippen LogP contribution in [0.1, 0.15) is 4.88 Å². The van der Waals surface area contributed by atoms with Gasteiger partial charge in [-0.1, -0.05) is 6.07 Å². The number of rotatable bonds is 6. The maximum absolute atomic E-state index is 12.7. The smallest absolute Gasteiger partial charge is 0.252 e. The molecule has 1 aliphatic rings. The molecule has 0 aliphatic carbocycles. The van der Waals surface area contributed by atoms with Gasteiger partial charge in [0.2, 0.25) is 5.91 Å². The van der Waals surface area contributed by atoms with E-state index in [2.05, 4.69) is 5.32 Å². The van der Waals surface area contributed by atoms with E-state index in [1.54, 1.807) is 25.3 Å². The van der Waals surface area contributed by atoms with E-state index in [9.17, 15) is 13.2 Å². The lowest BCUT2D eigenvalue weighted by Gasteiger charge is -2.33. The van der Waals surface area contributed by atoms with Crippen LogP contribution in [0.2, 0.25) is 0 Å². The lowest BCUT2D eigenvalue weighted by atomic mass is 10.3. The fourth-order valence-electron chi connectivity index (χ4n) is 2.91. The number of sulfonamides is 1. The highest BCUT2D eigenvalue weighted by Gasteiger charge is 2.30. The summed E-state index contributed by atoms with van der Waals surface area (Å²) in [6.45, 7) is 3.92. The number of carbonyl (C=O) groups is 1. The highest BCUT2D eigenvalue weighted by atomic mass is 32.2. The van der Waals surface area contributed by atoms with Crippen molar-refractivity contribution >= 4 is 33.0 Å². The lowest BCUT2D eigenvalue weighted by Crippen LogP contribution is -2.50. The Kier molecular flexibility index (Phi) is 6.15. The Labute approximate surface area is 163 Å². The Morgan fingerprint density at radius 2 is 1.93 bits per heavy atom. The largest absolute Gasteiger partial charge is 0.497 e. The van der Waals surface area contributed by atoms with Crippen LogP contribution in [0.25, 0.3) is 0 Å². The predicted molar refractivity (Wildman–Crippen MR) is 106 cm³/mol. The van der Waals surface area contributed by atoms with Gasteiger partial charge in [-0.05, 0) is 31.2 Å². The number of hydrogen-bond acceptors (Lipinski definition) is 6. The van der Waals surface area contributed by atoms with Gasteiger partial charge in [0.1, 0.15) is 9.96 Å². The molecule has 3 rings (SSSR count). The highest BCUT2D eigenvalue weighted by Crippen LogP contribution is 2.25. The van der Waals surface area contributed by atoms with Crippen molar-refractivity contribution in [3.8, 4) is 5.75 Å². The van der Waals surface area contributed by atoms with Gasteiger partial charge in [0.15, 0.2) is 0 Å². The number of thiophene rings is 1. The fourth-order valence-corrected chi connectivity index (χ4v) is 5.77. The summed E-state index contributed by atoms with van der Waals surface area (Å²) in [6, 6.07) is 10.6. The van der Waals surface area contributed by atoms with Crippen LogP contribution < -0.4 is 10.1 Å². The standard InChI is InChI=1S/C18H23N3O4S2/c1-14-6-7-18(26-14)27(23,24)21-10-8-20(9-11-21)13-17(22)19-15-4-3-5-16(12-15)25-2/h3-7,12H,8-11,13H2,1-2H3,(H,19,22). The quantitative estimate of drug-likeness (QED) is 0.790. The van der Waals surface area contributed by atoms with E-state index in [1.807, 2.05) is 30.0 Å². The first kappa shape index (κ1) is 19.8. The first-order valence-corrected chi connectivity index (χ1v) is 10.9. The molecule has 0 spiro atoms. The van der Waals surface area contributed by atoms with Crippen LogP contribution in [0, 0.1) is 6.92 Å². The zero-order valence-corrected chi connectivity index (χ0v) is 17.0. The molecule has 2 aromatic rings. The third-order valence-electron chi connectivity index (χ3n) is 4.36. The Hall–Kier alpha value is -1.94. The van der Waals surface area contributed by atoms with E-state index in [0.29, 0.717) is 41.8 Å². The van der Waals surface area contributed by atoms with Gasteiger partial charge in [-0.2, -0.15) is 4.31 Å². The summed E-state index contributed by atoms with van der Waals surface area (Å²) in [7, 11) is -1.86. The van der Waals surface area contributed by atoms with Gasteiger partial charge in [-0.3, -0.25) is 9.69 Å². The molecule has 27 heavy (non-hydrogen) atoms. The molecule has 1 N–H and O–H groups in total. The average molecular weight is 410 g/mol. The maximum Gasteiger partial charge on any atom is 0.252 e. The molecule has 1 fully saturated rings. The molecule has 0 radical (unpaired) electrons. The van der Waals surface area contributed by atoms with Crippen molar-refractivity contribution in [2.75, 3.05) is 45.2 Å². The van der Waals surface area contributed by atoms with Crippen molar-refractivity contribution in [2.45, 2.75) is 11.1 Å². The molecule has 0 saturated carbocycles. The topological polar surface area (TPSA) is 79.0 Å². The Morgan fingerprint density at radius 3 is 2.56 bits per heavy atom. The van der Waals surface area contributed by atoms with Gasteiger partial charge in [0, 0.05) is 42.8 Å². The molecule has 1 aromatic heterocycles. The molecule has 1 aliphatic heterocycles. The number of nitrogens with one attached hydrogen (secondary N) is 1. The van der Waals surface area contributed by atoms with Crippen molar-refractivity contribution in [3.63, 3.8) is 0 Å². The summed E-state index contributed by atoms with van der Waals surface area (Å²) in [5.74, 6) is 0.545. The summed E-state index contributed by atoms with van der Waals surface area (Å²) >= 11 is 1.29. The van der Waals surface area contributed by atoms with Crippen LogP contribution in [0.5, 0.6) is 5.75 Å². The van der Waals surface area contributed by atoms with Gasteiger partial charge < -0.3 is 10.1 Å². The third kappa shape index (κ3) is 4.86. The van der Waals surface area contributed by atoms with Crippen LogP contribution in [-0.4, -0.2) is 63.4 Å². The van der Waals surface area contributed by atoms with Crippen LogP contribution >= 0.6 is 11.3 Å². The summed E-state index contributed by atoms with van der Waals surface area (Å²) in [6.07, 6.45) is 0. The minimum Gasteiger partial charge on any atom is -0.497 e. The van der Waals surface area contributed by atoms with E-state index >= 15 is 0 Å². The molecule has 1 amide bonds. The highest BCUT2D eigenvalue weighted by molar-refractivity contribution is 7.91. The SMILES string of the molecule is COc1cccc(NC(=O)CN2CCN(S(=O)(=O)c3ccc(C)s3)CC2)c1. The van der Waals surface area contributed by atoms with Crippen molar-refractivity contribution in [1.29, 1.82) is 0 Å². The average Bonchev–Trinajstić information content (AvgIpc) is 3.09. The molecule has 9 heteroatoms. The Morgan fingerprint density at radius 1 is 1.19 bits per heavy atom. The first-order chi connectivity index (χ1) is 12.9. The molecule has 2 heterocycles. The Balaban J connectivity index is 1.52. The lowest BCUT2D eigenvalue weighted by molar-refractivity contribution is -0.117. The molecule has 7 nitrogen and oxygen atoms in total. The first-order valence-electron chi connectivity index (χ1n) is 8.61. The number of hydrogen-bond donors (Lipinski definition) is 1. The summed E-state index contributed by atoms with van der Waals surface area (Å²) in [5.41, 5.74) is 0.675. The van der Waals surface area contributed by atoms with Crippen molar-refractivity contribution < 1.29 is 17.9 Å². The number of benzene rings is 1. The molecule has 0 atom stereocenters. The number of piperazine rings is 1. The van der Waals surface area contributed by atoms with Gasteiger partial charge in [0.25, 0.3) is 10.0 Å². The molecule has 0 bridgehead atoms. The van der Waals surface area contributed by atoms with Crippen LogP contribution in [-0.2, 0) is 14.8 Å². The minimum absolute atomic E-state index is 0.131. The van der Waals surface area contributed by atoms with Crippen molar-refractivity contribution in [2.24, 2.45) is 0 Å². The van der Waals surface area contributed by atoms with Gasteiger partial charge in [0.05, 0.1) is 13.7 Å². The van der Waals surface area contributed by atoms with Gasteiger partial charge >= 0.3 is 0 Å². The van der Waals surface area contributed by atoms with Gasteiger partial charge in [-0.25, -0.2) is 8.42 Å². The van der Waals surface area contributed by atoms with Crippen LogP contribution in [0.15, 0.2) is 40.6 Å². The Bertz CT molecular complexity index is 903. The molecular formula is C18H23N3O4S2. The van der Waals surface area contributed by atoms with Crippen molar-refractivity contribution in [3.05, 3.63) is 41.3 Å².